The van der Waals surface area contributed by atoms with E-state index in [2.05, 4.69) is 5.32 Å². The molecule has 0 bridgehead atoms. The zero-order valence-corrected chi connectivity index (χ0v) is 17.4. The number of carbonyl (C=O) groups excluding carboxylic acids is 2. The predicted molar refractivity (Wildman–Crippen MR) is 103 cm³/mol. The number of piperidine rings is 1. The number of nitrogens with zero attached hydrogens (tertiary/aromatic N) is 1. The Hall–Kier alpha value is -2.33. The lowest BCUT2D eigenvalue weighted by Gasteiger charge is -2.30. The van der Waals surface area contributed by atoms with Crippen molar-refractivity contribution >= 4 is 21.9 Å². The maximum absolute atomic E-state index is 12.9. The van der Waals surface area contributed by atoms with Crippen LogP contribution in [0.5, 0.6) is 11.5 Å². The van der Waals surface area contributed by atoms with Gasteiger partial charge in [-0.15, -0.1) is 0 Å². The van der Waals surface area contributed by atoms with Gasteiger partial charge < -0.3 is 19.5 Å². The third-order valence-corrected chi connectivity index (χ3v) is 6.64. The molecule has 9 nitrogen and oxygen atoms in total. The van der Waals surface area contributed by atoms with E-state index < -0.39 is 16.0 Å². The first kappa shape index (κ1) is 21.4. The number of rotatable bonds is 6. The summed E-state index contributed by atoms with van der Waals surface area (Å²) in [6.07, 6.45) is 0.525. The van der Waals surface area contributed by atoms with Gasteiger partial charge in [0.05, 0.1) is 11.0 Å². The van der Waals surface area contributed by atoms with Gasteiger partial charge >= 0.3 is 5.97 Å². The summed E-state index contributed by atoms with van der Waals surface area (Å²) in [6.45, 7) is 4.55. The molecule has 0 atom stereocenters. The molecular weight excluding hydrogens is 400 g/mol. The van der Waals surface area contributed by atoms with Crippen LogP contribution in [0.3, 0.4) is 0 Å². The van der Waals surface area contributed by atoms with Gasteiger partial charge in [-0.3, -0.25) is 9.59 Å². The van der Waals surface area contributed by atoms with Crippen molar-refractivity contribution in [1.29, 1.82) is 0 Å². The van der Waals surface area contributed by atoms with Gasteiger partial charge in [0.2, 0.25) is 15.9 Å². The molecule has 0 spiro atoms. The number of hydrogen-bond donors (Lipinski definition) is 1. The smallest absolute Gasteiger partial charge is 0.325 e. The number of carbonyl (C=O) groups is 2. The highest BCUT2D eigenvalue weighted by molar-refractivity contribution is 7.89. The van der Waals surface area contributed by atoms with Crippen LogP contribution in [0.25, 0.3) is 0 Å². The number of ether oxygens (including phenoxy) is 3. The van der Waals surface area contributed by atoms with Gasteiger partial charge in [-0.2, -0.15) is 4.31 Å². The Morgan fingerprint density at radius 2 is 1.83 bits per heavy atom. The molecular formula is C19H26N2O7S. The quantitative estimate of drug-likeness (QED) is 0.674. The van der Waals surface area contributed by atoms with E-state index in [4.69, 9.17) is 14.2 Å². The van der Waals surface area contributed by atoms with Crippen molar-refractivity contribution in [1.82, 2.24) is 9.62 Å². The van der Waals surface area contributed by atoms with Gasteiger partial charge in [-0.1, -0.05) is 0 Å². The third kappa shape index (κ3) is 5.18. The fraction of sp³-hybridized carbons (Fsp3) is 0.579. The summed E-state index contributed by atoms with van der Waals surface area (Å²) in [5.74, 6) is -0.149. The lowest BCUT2D eigenvalue weighted by Crippen LogP contribution is -2.44. The molecule has 2 heterocycles. The molecule has 0 saturated carbocycles. The summed E-state index contributed by atoms with van der Waals surface area (Å²) < 4.78 is 43.1. The Bertz CT molecular complexity index is 861. The first-order valence-corrected chi connectivity index (χ1v) is 11.1. The van der Waals surface area contributed by atoms with Crippen LogP contribution in [-0.4, -0.2) is 63.6 Å². The van der Waals surface area contributed by atoms with E-state index in [1.165, 1.54) is 16.4 Å². The molecule has 3 rings (SSSR count). The largest absolute Gasteiger partial charge is 0.486 e. The van der Waals surface area contributed by atoms with Crippen LogP contribution in [0, 0.1) is 5.92 Å². The van der Waals surface area contributed by atoms with Crippen LogP contribution in [0.4, 0.5) is 0 Å². The maximum Gasteiger partial charge on any atom is 0.325 e. The molecule has 0 aromatic heterocycles. The Labute approximate surface area is 170 Å². The normalized spacial score (nSPS) is 17.8. The second kappa shape index (κ2) is 9.00. The zero-order chi connectivity index (χ0) is 21.0. The Balaban J connectivity index is 1.55. The van der Waals surface area contributed by atoms with E-state index in [-0.39, 0.29) is 42.5 Å². The summed E-state index contributed by atoms with van der Waals surface area (Å²) in [4.78, 5) is 23.9. The Morgan fingerprint density at radius 1 is 1.17 bits per heavy atom. The molecule has 2 aliphatic heterocycles. The number of amides is 1. The molecule has 0 unspecified atom stereocenters. The minimum Gasteiger partial charge on any atom is -0.486 e. The van der Waals surface area contributed by atoms with Crippen molar-refractivity contribution in [3.8, 4) is 11.5 Å². The zero-order valence-electron chi connectivity index (χ0n) is 16.5. The van der Waals surface area contributed by atoms with Crippen molar-refractivity contribution in [2.24, 2.45) is 5.92 Å². The number of fused-ring (bicyclic) bond motifs is 1. The van der Waals surface area contributed by atoms with Gasteiger partial charge in [0, 0.05) is 25.1 Å². The molecule has 29 heavy (non-hydrogen) atoms. The third-order valence-electron chi connectivity index (χ3n) is 4.75. The van der Waals surface area contributed by atoms with Crippen molar-refractivity contribution in [3.05, 3.63) is 18.2 Å². The number of nitrogens with one attached hydrogen (secondary N) is 1. The van der Waals surface area contributed by atoms with Crippen LogP contribution >= 0.6 is 0 Å². The first-order chi connectivity index (χ1) is 13.8. The van der Waals surface area contributed by atoms with Crippen molar-refractivity contribution < 1.29 is 32.2 Å². The molecule has 2 aliphatic rings. The molecule has 0 radical (unpaired) electrons. The van der Waals surface area contributed by atoms with Gasteiger partial charge in [0.15, 0.2) is 11.5 Å². The van der Waals surface area contributed by atoms with E-state index in [0.717, 1.165) is 0 Å². The van der Waals surface area contributed by atoms with Gasteiger partial charge in [-0.25, -0.2) is 8.42 Å². The first-order valence-electron chi connectivity index (χ1n) is 9.64. The predicted octanol–water partition coefficient (Wildman–Crippen LogP) is 0.926. The number of sulfonamides is 1. The van der Waals surface area contributed by atoms with E-state index in [9.17, 15) is 18.0 Å². The molecule has 1 fully saturated rings. The molecule has 0 aliphatic carbocycles. The molecule has 1 aromatic carbocycles. The SMILES string of the molecule is CC(C)OC(=O)CNC(=O)C1CCN(S(=O)(=O)c2ccc3c(c2)OCCO3)CC1. The number of benzene rings is 1. The van der Waals surface area contributed by atoms with Crippen LogP contribution in [0.15, 0.2) is 23.1 Å². The van der Waals surface area contributed by atoms with E-state index >= 15 is 0 Å². The molecule has 1 N–H and O–H groups in total. The highest BCUT2D eigenvalue weighted by Gasteiger charge is 2.33. The van der Waals surface area contributed by atoms with Crippen LogP contribution in [-0.2, 0) is 24.3 Å². The minimum atomic E-state index is -3.69. The topological polar surface area (TPSA) is 111 Å². The monoisotopic (exact) mass is 426 g/mol. The molecule has 1 aromatic rings. The van der Waals surface area contributed by atoms with E-state index in [1.54, 1.807) is 19.9 Å². The van der Waals surface area contributed by atoms with Crippen LogP contribution in [0.2, 0.25) is 0 Å². The van der Waals surface area contributed by atoms with E-state index in [0.29, 0.717) is 37.6 Å². The van der Waals surface area contributed by atoms with Crippen molar-refractivity contribution in [2.45, 2.75) is 37.7 Å². The summed E-state index contributed by atoms with van der Waals surface area (Å²) in [6, 6.07) is 4.57. The molecule has 160 valence electrons. The van der Waals surface area contributed by atoms with Crippen molar-refractivity contribution in [3.63, 3.8) is 0 Å². The van der Waals surface area contributed by atoms with Crippen molar-refractivity contribution in [2.75, 3.05) is 32.8 Å². The summed E-state index contributed by atoms with van der Waals surface area (Å²) in [5, 5.41) is 2.57. The standard InChI is InChI=1S/C19H26N2O7S/c1-13(2)28-18(22)12-20-19(23)14-5-7-21(8-6-14)29(24,25)15-3-4-16-17(11-15)27-10-9-26-16/h3-4,11,13-14H,5-10,12H2,1-2H3,(H,20,23). The second-order valence-electron chi connectivity index (χ2n) is 7.24. The summed E-state index contributed by atoms with van der Waals surface area (Å²) in [5.41, 5.74) is 0. The van der Waals surface area contributed by atoms with Gasteiger partial charge in [-0.05, 0) is 38.8 Å². The summed E-state index contributed by atoms with van der Waals surface area (Å²) >= 11 is 0. The lowest BCUT2D eigenvalue weighted by atomic mass is 9.97. The minimum absolute atomic E-state index is 0.140. The van der Waals surface area contributed by atoms with Gasteiger partial charge in [0.25, 0.3) is 0 Å². The van der Waals surface area contributed by atoms with Gasteiger partial charge in [0.1, 0.15) is 19.8 Å². The fourth-order valence-corrected chi connectivity index (χ4v) is 4.79. The maximum atomic E-state index is 12.9. The highest BCUT2D eigenvalue weighted by atomic mass is 32.2. The van der Waals surface area contributed by atoms with Crippen LogP contribution in [0.1, 0.15) is 26.7 Å². The second-order valence-corrected chi connectivity index (χ2v) is 9.18. The molecule has 1 saturated heterocycles. The Morgan fingerprint density at radius 3 is 2.48 bits per heavy atom. The fourth-order valence-electron chi connectivity index (χ4n) is 3.30. The highest BCUT2D eigenvalue weighted by Crippen LogP contribution is 2.34. The summed E-state index contributed by atoms with van der Waals surface area (Å²) in [7, 11) is -3.69. The average molecular weight is 426 g/mol. The van der Waals surface area contributed by atoms with E-state index in [1.807, 2.05) is 0 Å². The Kier molecular flexibility index (Phi) is 6.63. The molecule has 10 heteroatoms. The number of hydrogen-bond acceptors (Lipinski definition) is 7. The lowest BCUT2D eigenvalue weighted by molar-refractivity contribution is -0.147. The van der Waals surface area contributed by atoms with Crippen LogP contribution < -0.4 is 14.8 Å². The average Bonchev–Trinajstić information content (AvgIpc) is 2.71. The molecule has 1 amide bonds. The number of esters is 1.